The van der Waals surface area contributed by atoms with Crippen LogP contribution in [0.4, 0.5) is 18.0 Å². The lowest BCUT2D eigenvalue weighted by molar-refractivity contribution is -0.137. The third kappa shape index (κ3) is 2.05. The molecule has 2 N–H and O–H groups in total. The smallest absolute Gasteiger partial charge is 0.272 e. The number of urea groups is 1. The van der Waals surface area contributed by atoms with Gasteiger partial charge in [0.25, 0.3) is 0 Å². The van der Waals surface area contributed by atoms with Crippen LogP contribution in [0.2, 0.25) is 0 Å². The monoisotopic (exact) mass is 281 g/mol. The molecule has 1 aromatic carbocycles. The fourth-order valence-electron chi connectivity index (χ4n) is 2.18. The van der Waals surface area contributed by atoms with Crippen LogP contribution in [-0.4, -0.2) is 17.1 Å². The Bertz CT molecular complexity index is 604. The van der Waals surface area contributed by atoms with E-state index >= 15 is 0 Å². The van der Waals surface area contributed by atoms with Crippen LogP contribution < -0.4 is 10.9 Å². The number of nitrogens with one attached hydrogen (secondary N) is 2. The van der Waals surface area contributed by atoms with Crippen molar-refractivity contribution in [3.8, 4) is 0 Å². The molecule has 1 atom stereocenters. The van der Waals surface area contributed by atoms with E-state index < -0.39 is 11.7 Å². The van der Waals surface area contributed by atoms with E-state index in [4.69, 9.17) is 0 Å². The van der Waals surface area contributed by atoms with Gasteiger partial charge in [0.1, 0.15) is 6.17 Å². The normalized spacial score (nSPS) is 21.6. The van der Waals surface area contributed by atoms with Crippen LogP contribution in [-0.2, 0) is 6.18 Å². The average Bonchev–Trinajstić information content (AvgIpc) is 2.80. The number of amides is 2. The van der Waals surface area contributed by atoms with E-state index in [2.05, 4.69) is 10.9 Å². The van der Waals surface area contributed by atoms with E-state index in [9.17, 15) is 18.0 Å². The van der Waals surface area contributed by atoms with E-state index in [1.807, 2.05) is 0 Å². The van der Waals surface area contributed by atoms with Gasteiger partial charge in [-0.05, 0) is 29.8 Å². The number of alkyl halides is 3. The summed E-state index contributed by atoms with van der Waals surface area (Å²) in [5.74, 6) is 0. The summed E-state index contributed by atoms with van der Waals surface area (Å²) in [6, 6.07) is 4.38. The van der Waals surface area contributed by atoms with Crippen LogP contribution in [0.15, 0.2) is 42.5 Å². The molecule has 1 fully saturated rings. The predicted octanol–water partition coefficient (Wildman–Crippen LogP) is 2.47. The highest BCUT2D eigenvalue weighted by Crippen LogP contribution is 2.32. The molecule has 104 valence electrons. The minimum Gasteiger partial charge on any atom is -0.272 e. The summed E-state index contributed by atoms with van der Waals surface area (Å²) in [4.78, 5) is 13.2. The maximum absolute atomic E-state index is 12.5. The van der Waals surface area contributed by atoms with E-state index in [-0.39, 0.29) is 12.2 Å². The number of hydrazine groups is 1. The average molecular weight is 281 g/mol. The van der Waals surface area contributed by atoms with Gasteiger partial charge in [0, 0.05) is 0 Å². The molecule has 20 heavy (non-hydrogen) atoms. The quantitative estimate of drug-likeness (QED) is 0.830. The molecule has 3 rings (SSSR count). The molecule has 0 aromatic heterocycles. The standard InChI is InChI=1S/C13H10F3N3O/c14-13(15,16)9-6-4-8(5-7-9)10-2-1-3-11-17-18-12(20)19(10)11/h1-7,11,17H,(H,18,20). The molecule has 1 aromatic rings. The summed E-state index contributed by atoms with van der Waals surface area (Å²) < 4.78 is 37.6. The largest absolute Gasteiger partial charge is 0.416 e. The lowest BCUT2D eigenvalue weighted by Gasteiger charge is -2.25. The van der Waals surface area contributed by atoms with Crippen LogP contribution >= 0.6 is 0 Å². The highest BCUT2D eigenvalue weighted by atomic mass is 19.4. The van der Waals surface area contributed by atoms with Crippen LogP contribution in [0.3, 0.4) is 0 Å². The van der Waals surface area contributed by atoms with Crippen molar-refractivity contribution in [2.24, 2.45) is 0 Å². The molecule has 4 nitrogen and oxygen atoms in total. The zero-order valence-corrected chi connectivity index (χ0v) is 10.1. The van der Waals surface area contributed by atoms with Crippen molar-refractivity contribution < 1.29 is 18.0 Å². The first-order valence-corrected chi connectivity index (χ1v) is 5.88. The second kappa shape index (κ2) is 4.38. The molecular formula is C13H10F3N3O. The number of rotatable bonds is 1. The molecule has 0 aliphatic carbocycles. The molecule has 0 bridgehead atoms. The van der Waals surface area contributed by atoms with Gasteiger partial charge in [-0.3, -0.25) is 10.3 Å². The Labute approximate surface area is 112 Å². The number of halogens is 3. The Hall–Kier alpha value is -2.28. The Balaban J connectivity index is 1.94. The highest BCUT2D eigenvalue weighted by Gasteiger charge is 2.34. The second-order valence-corrected chi connectivity index (χ2v) is 4.40. The van der Waals surface area contributed by atoms with E-state index in [1.165, 1.54) is 17.0 Å². The first-order chi connectivity index (χ1) is 9.47. The maximum atomic E-state index is 12.5. The predicted molar refractivity (Wildman–Crippen MR) is 65.9 cm³/mol. The number of carbonyl (C=O) groups excluding carboxylic acids is 1. The summed E-state index contributed by atoms with van der Waals surface area (Å²) in [7, 11) is 0. The summed E-state index contributed by atoms with van der Waals surface area (Å²) in [5.41, 5.74) is 5.61. The molecule has 2 heterocycles. The Morgan fingerprint density at radius 3 is 2.50 bits per heavy atom. The molecule has 0 spiro atoms. The van der Waals surface area contributed by atoms with Gasteiger partial charge < -0.3 is 0 Å². The zero-order valence-electron chi connectivity index (χ0n) is 10.1. The van der Waals surface area contributed by atoms with Crippen molar-refractivity contribution in [2.45, 2.75) is 12.3 Å². The van der Waals surface area contributed by atoms with Crippen molar-refractivity contribution in [2.75, 3.05) is 0 Å². The van der Waals surface area contributed by atoms with Crippen LogP contribution in [0.25, 0.3) is 5.70 Å². The second-order valence-electron chi connectivity index (χ2n) is 4.40. The highest BCUT2D eigenvalue weighted by molar-refractivity contribution is 5.88. The van der Waals surface area contributed by atoms with Crippen molar-refractivity contribution in [3.05, 3.63) is 53.6 Å². The minimum atomic E-state index is -4.37. The summed E-state index contributed by atoms with van der Waals surface area (Å²) >= 11 is 0. The molecule has 2 aliphatic rings. The van der Waals surface area contributed by atoms with Crippen LogP contribution in [0.5, 0.6) is 0 Å². The molecule has 2 amide bonds. The molecular weight excluding hydrogens is 271 g/mol. The lowest BCUT2D eigenvalue weighted by atomic mass is 10.1. The van der Waals surface area contributed by atoms with Crippen molar-refractivity contribution in [1.82, 2.24) is 15.8 Å². The van der Waals surface area contributed by atoms with Gasteiger partial charge in [0.05, 0.1) is 11.3 Å². The first-order valence-electron chi connectivity index (χ1n) is 5.88. The number of allylic oxidation sites excluding steroid dienone is 2. The first kappa shape index (κ1) is 12.7. The topological polar surface area (TPSA) is 44.4 Å². The van der Waals surface area contributed by atoms with Crippen LogP contribution in [0, 0.1) is 0 Å². The number of hydrogen-bond donors (Lipinski definition) is 2. The summed E-state index contributed by atoms with van der Waals surface area (Å²) in [6.07, 6.45) is 0.511. The van der Waals surface area contributed by atoms with E-state index in [0.29, 0.717) is 11.3 Å². The maximum Gasteiger partial charge on any atom is 0.416 e. The summed E-state index contributed by atoms with van der Waals surface area (Å²) in [5, 5.41) is 0. The molecule has 1 unspecified atom stereocenters. The Morgan fingerprint density at radius 2 is 1.85 bits per heavy atom. The molecule has 7 heteroatoms. The number of carbonyl (C=O) groups is 1. The van der Waals surface area contributed by atoms with Gasteiger partial charge in [-0.15, -0.1) is 0 Å². The Kier molecular flexibility index (Phi) is 2.79. The van der Waals surface area contributed by atoms with E-state index in [1.54, 1.807) is 18.2 Å². The van der Waals surface area contributed by atoms with E-state index in [0.717, 1.165) is 12.1 Å². The van der Waals surface area contributed by atoms with Gasteiger partial charge >= 0.3 is 12.2 Å². The van der Waals surface area contributed by atoms with Crippen molar-refractivity contribution in [1.29, 1.82) is 0 Å². The zero-order chi connectivity index (χ0) is 14.3. The molecule has 0 radical (unpaired) electrons. The molecule has 0 saturated carbocycles. The fourth-order valence-corrected chi connectivity index (χ4v) is 2.18. The molecule has 2 aliphatic heterocycles. The number of hydrogen-bond acceptors (Lipinski definition) is 2. The third-order valence-electron chi connectivity index (χ3n) is 3.14. The van der Waals surface area contributed by atoms with Gasteiger partial charge in [-0.2, -0.15) is 13.2 Å². The number of nitrogens with zero attached hydrogens (tertiary/aromatic N) is 1. The van der Waals surface area contributed by atoms with Gasteiger partial charge in [-0.1, -0.05) is 18.2 Å². The van der Waals surface area contributed by atoms with Crippen LogP contribution in [0.1, 0.15) is 11.1 Å². The van der Waals surface area contributed by atoms with Gasteiger partial charge in [-0.25, -0.2) is 10.2 Å². The fraction of sp³-hybridized carbons (Fsp3) is 0.154. The SMILES string of the molecule is O=C1NNC2C=CC=C(c3ccc(C(F)(F)F)cc3)N12. The van der Waals surface area contributed by atoms with Gasteiger partial charge in [0.2, 0.25) is 0 Å². The van der Waals surface area contributed by atoms with Gasteiger partial charge in [0.15, 0.2) is 0 Å². The van der Waals surface area contributed by atoms with Crippen molar-refractivity contribution in [3.63, 3.8) is 0 Å². The number of fused-ring (bicyclic) bond motifs is 1. The minimum absolute atomic E-state index is 0.329. The third-order valence-corrected chi connectivity index (χ3v) is 3.14. The molecule has 1 saturated heterocycles. The Morgan fingerprint density at radius 1 is 1.15 bits per heavy atom. The number of benzene rings is 1. The lowest BCUT2D eigenvalue weighted by Crippen LogP contribution is -2.35. The van der Waals surface area contributed by atoms with Crippen molar-refractivity contribution >= 4 is 11.7 Å². The summed E-state index contributed by atoms with van der Waals surface area (Å²) in [6.45, 7) is 0.